The number of hydrogen-bond acceptors (Lipinski definition) is 2. The van der Waals surface area contributed by atoms with Crippen molar-refractivity contribution in [3.8, 4) is 0 Å². The van der Waals surface area contributed by atoms with E-state index in [0.29, 0.717) is 11.5 Å². The molecular formula is C29H21Br2O2P. The van der Waals surface area contributed by atoms with Crippen molar-refractivity contribution in [1.82, 2.24) is 0 Å². The fourth-order valence-corrected chi connectivity index (χ4v) is 7.52. The molecule has 168 valence electrons. The summed E-state index contributed by atoms with van der Waals surface area (Å²) < 4.78 is 23.5. The van der Waals surface area contributed by atoms with Gasteiger partial charge in [0.25, 0.3) is 0 Å². The van der Waals surface area contributed by atoms with E-state index in [9.17, 15) is 0 Å². The van der Waals surface area contributed by atoms with Crippen molar-refractivity contribution in [1.29, 1.82) is 0 Å². The number of ether oxygens (including phenoxy) is 1. The molecule has 5 rings (SSSR count). The number of rotatable bonds is 5. The first-order valence-electron chi connectivity index (χ1n) is 10.9. The van der Waals surface area contributed by atoms with Crippen molar-refractivity contribution >= 4 is 61.1 Å². The van der Waals surface area contributed by atoms with E-state index in [-0.39, 0.29) is 5.66 Å². The molecule has 4 aromatic carbocycles. The lowest BCUT2D eigenvalue weighted by Crippen LogP contribution is -2.25. The van der Waals surface area contributed by atoms with Gasteiger partial charge in [-0.2, -0.15) is 0 Å². The summed E-state index contributed by atoms with van der Waals surface area (Å²) in [6.07, 6.45) is 4.01. The van der Waals surface area contributed by atoms with Gasteiger partial charge in [-0.1, -0.05) is 117 Å². The van der Waals surface area contributed by atoms with E-state index >= 15 is 4.57 Å². The lowest BCUT2D eigenvalue weighted by Gasteiger charge is -2.29. The number of hydrogen-bond donors (Lipinski definition) is 0. The summed E-state index contributed by atoms with van der Waals surface area (Å²) in [5.74, 6) is 1.40. The molecule has 0 radical (unpaired) electrons. The molecule has 0 aromatic heterocycles. The molecule has 2 nitrogen and oxygen atoms in total. The van der Waals surface area contributed by atoms with Gasteiger partial charge in [0.05, 0.1) is 5.66 Å². The number of halogens is 2. The number of allylic oxidation sites excluding steroid dienone is 2. The minimum Gasteiger partial charge on any atom is -0.457 e. The fourth-order valence-electron chi connectivity index (χ4n) is 4.09. The molecule has 34 heavy (non-hydrogen) atoms. The maximum atomic E-state index is 15.1. The van der Waals surface area contributed by atoms with E-state index in [0.717, 1.165) is 30.7 Å². The Hall–Kier alpha value is -2.65. The summed E-state index contributed by atoms with van der Waals surface area (Å²) in [5, 5.41) is 1.65. The van der Waals surface area contributed by atoms with Crippen LogP contribution in [0.1, 0.15) is 11.1 Å². The van der Waals surface area contributed by atoms with Crippen LogP contribution in [0, 0.1) is 0 Å². The second-order valence-electron chi connectivity index (χ2n) is 8.00. The highest BCUT2D eigenvalue weighted by Gasteiger charge is 2.37. The Balaban J connectivity index is 1.71. The molecule has 0 saturated carbocycles. The van der Waals surface area contributed by atoms with Crippen LogP contribution < -0.4 is 10.6 Å². The van der Waals surface area contributed by atoms with Gasteiger partial charge in [-0.15, -0.1) is 0 Å². The molecule has 0 N–H and O–H groups in total. The van der Waals surface area contributed by atoms with Crippen LogP contribution in [-0.2, 0) is 9.30 Å². The van der Waals surface area contributed by atoms with Crippen molar-refractivity contribution in [3.63, 3.8) is 0 Å². The highest BCUT2D eigenvalue weighted by molar-refractivity contribution is 9.10. The summed E-state index contributed by atoms with van der Waals surface area (Å²) in [6, 6.07) is 35.5. The summed E-state index contributed by atoms with van der Waals surface area (Å²) in [6.45, 7) is 0. The molecule has 1 aliphatic rings. The van der Waals surface area contributed by atoms with Gasteiger partial charge in [0.2, 0.25) is 0 Å². The highest BCUT2D eigenvalue weighted by Crippen LogP contribution is 2.53. The van der Waals surface area contributed by atoms with E-state index < -0.39 is 7.14 Å². The summed E-state index contributed by atoms with van der Waals surface area (Å²) in [4.78, 5) is 0. The van der Waals surface area contributed by atoms with Crippen molar-refractivity contribution in [3.05, 3.63) is 141 Å². The van der Waals surface area contributed by atoms with Crippen molar-refractivity contribution in [2.75, 3.05) is 0 Å². The highest BCUT2D eigenvalue weighted by atomic mass is 79.9. The van der Waals surface area contributed by atoms with Crippen molar-refractivity contribution < 1.29 is 9.30 Å². The van der Waals surface area contributed by atoms with Gasteiger partial charge in [-0.05, 0) is 36.4 Å². The van der Waals surface area contributed by atoms with E-state index in [4.69, 9.17) is 4.74 Å². The third kappa shape index (κ3) is 4.63. The maximum absolute atomic E-state index is 15.1. The molecule has 5 heteroatoms. The van der Waals surface area contributed by atoms with Gasteiger partial charge in [0.15, 0.2) is 7.14 Å². The molecule has 1 heterocycles. The third-order valence-electron chi connectivity index (χ3n) is 5.82. The molecule has 0 amide bonds. The molecule has 1 aliphatic heterocycles. The monoisotopic (exact) mass is 590 g/mol. The predicted octanol–water partition coefficient (Wildman–Crippen LogP) is 8.01. The van der Waals surface area contributed by atoms with Gasteiger partial charge in [0, 0.05) is 30.7 Å². The Morgan fingerprint density at radius 1 is 0.559 bits per heavy atom. The summed E-state index contributed by atoms with van der Waals surface area (Å²) in [7, 11) is -3.09. The molecule has 4 aromatic rings. The second kappa shape index (κ2) is 9.92. The topological polar surface area (TPSA) is 26.3 Å². The van der Waals surface area contributed by atoms with E-state index in [1.807, 2.05) is 121 Å². The molecule has 0 spiro atoms. The van der Waals surface area contributed by atoms with E-state index in [1.165, 1.54) is 0 Å². The quantitative estimate of drug-likeness (QED) is 0.220. The van der Waals surface area contributed by atoms with E-state index in [2.05, 4.69) is 31.9 Å². The normalized spacial score (nSPS) is 14.2. The SMILES string of the molecule is O=P(c1ccccc1)(c1ccccc1)C1C=C(c2ccc(Br)cc2)OC(c2ccc(Br)cc2)=C1. The Bertz CT molecular complexity index is 1290. The molecule has 0 fully saturated rings. The van der Waals surface area contributed by atoms with Crippen LogP contribution in [0.5, 0.6) is 0 Å². The van der Waals surface area contributed by atoms with Gasteiger partial charge in [-0.25, -0.2) is 0 Å². The van der Waals surface area contributed by atoms with Crippen LogP contribution in [0.25, 0.3) is 11.5 Å². The standard InChI is InChI=1S/C29H21Br2O2P/c30-23-15-11-21(12-16-23)28-19-27(20-29(33-28)22-13-17-24(31)18-14-22)34(32,25-7-3-1-4-8-25)26-9-5-2-6-10-26/h1-20,27H. The zero-order valence-electron chi connectivity index (χ0n) is 18.1. The van der Waals surface area contributed by atoms with E-state index in [1.54, 1.807) is 0 Å². The Kier molecular flexibility index (Phi) is 6.74. The van der Waals surface area contributed by atoms with Gasteiger partial charge in [0.1, 0.15) is 11.5 Å². The van der Waals surface area contributed by atoms with Crippen LogP contribution in [0.4, 0.5) is 0 Å². The molecule has 0 unspecified atom stereocenters. The molecule has 0 aliphatic carbocycles. The lowest BCUT2D eigenvalue weighted by atomic mass is 10.1. The van der Waals surface area contributed by atoms with Crippen LogP contribution >= 0.6 is 39.0 Å². The average molecular weight is 592 g/mol. The van der Waals surface area contributed by atoms with Crippen LogP contribution in [0.15, 0.2) is 130 Å². The molecule has 0 saturated heterocycles. The van der Waals surface area contributed by atoms with Gasteiger partial charge in [-0.3, -0.25) is 0 Å². The summed E-state index contributed by atoms with van der Waals surface area (Å²) in [5.41, 5.74) is 1.50. The van der Waals surface area contributed by atoms with Gasteiger partial charge < -0.3 is 9.30 Å². The lowest BCUT2D eigenvalue weighted by molar-refractivity contribution is 0.462. The first kappa shape index (κ1) is 23.1. The summed E-state index contributed by atoms with van der Waals surface area (Å²) >= 11 is 7.02. The Morgan fingerprint density at radius 3 is 1.32 bits per heavy atom. The van der Waals surface area contributed by atoms with Crippen molar-refractivity contribution in [2.24, 2.45) is 0 Å². The number of benzene rings is 4. The Labute approximate surface area is 216 Å². The third-order valence-corrected chi connectivity index (χ3v) is 10.1. The molecule has 0 bridgehead atoms. The van der Waals surface area contributed by atoms with Crippen LogP contribution in [0.2, 0.25) is 0 Å². The average Bonchev–Trinajstić information content (AvgIpc) is 2.90. The van der Waals surface area contributed by atoms with Crippen LogP contribution in [-0.4, -0.2) is 5.66 Å². The molecular weight excluding hydrogens is 571 g/mol. The zero-order chi connectivity index (χ0) is 23.5. The largest absolute Gasteiger partial charge is 0.457 e. The van der Waals surface area contributed by atoms with Gasteiger partial charge >= 0.3 is 0 Å². The predicted molar refractivity (Wildman–Crippen MR) is 149 cm³/mol. The Morgan fingerprint density at radius 2 is 0.941 bits per heavy atom. The second-order valence-corrected chi connectivity index (χ2v) is 12.8. The maximum Gasteiger partial charge on any atom is 0.153 e. The smallest absolute Gasteiger partial charge is 0.153 e. The minimum atomic E-state index is -3.09. The first-order chi connectivity index (χ1) is 16.5. The minimum absolute atomic E-state index is 0.372. The first-order valence-corrected chi connectivity index (χ1v) is 14.2. The van der Waals surface area contributed by atoms with Crippen LogP contribution in [0.3, 0.4) is 0 Å². The molecule has 0 atom stereocenters. The fraction of sp³-hybridized carbons (Fsp3) is 0.0345. The zero-order valence-corrected chi connectivity index (χ0v) is 22.2. The van der Waals surface area contributed by atoms with Crippen molar-refractivity contribution in [2.45, 2.75) is 5.66 Å².